The van der Waals surface area contributed by atoms with Gasteiger partial charge in [0.2, 0.25) is 0 Å². The number of amides is 1. The van der Waals surface area contributed by atoms with Gasteiger partial charge in [-0.05, 0) is 24.6 Å². The zero-order chi connectivity index (χ0) is 28.1. The number of carbonyl (C=O) groups is 5. The minimum absolute atomic E-state index is 0.0705. The van der Waals surface area contributed by atoms with E-state index in [-0.39, 0.29) is 9.23 Å². The molecule has 12 nitrogen and oxygen atoms in total. The van der Waals surface area contributed by atoms with E-state index >= 15 is 0 Å². The molecule has 2 fully saturated rings. The fourth-order valence-corrected chi connectivity index (χ4v) is 5.28. The van der Waals surface area contributed by atoms with Crippen molar-refractivity contribution < 1.29 is 47.7 Å². The summed E-state index contributed by atoms with van der Waals surface area (Å²) in [6.45, 7) is 5.80. The van der Waals surface area contributed by atoms with Crippen LogP contribution in [0.2, 0.25) is 0 Å². The van der Waals surface area contributed by atoms with Crippen molar-refractivity contribution in [2.75, 3.05) is 6.61 Å². The molecule has 2 aliphatic rings. The number of carbonyl (C=O) groups excluding carboxylic acids is 5. The summed E-state index contributed by atoms with van der Waals surface area (Å²) in [6.07, 6.45) is -5.28. The lowest BCUT2D eigenvalue weighted by Crippen LogP contribution is -2.66. The first-order chi connectivity index (χ1) is 17.9. The van der Waals surface area contributed by atoms with E-state index in [9.17, 15) is 24.0 Å². The Kier molecular flexibility index (Phi) is 9.57. The number of thiocarbonyl (C=S) groups is 1. The van der Waals surface area contributed by atoms with Crippen LogP contribution in [0.25, 0.3) is 5.57 Å². The average Bonchev–Trinajstić information content (AvgIpc) is 3.13. The van der Waals surface area contributed by atoms with Crippen LogP contribution in [0, 0.1) is 0 Å². The van der Waals surface area contributed by atoms with Crippen molar-refractivity contribution in [3.8, 4) is 0 Å². The molecule has 0 aromatic carbocycles. The number of hydrogen-bond acceptors (Lipinski definition) is 13. The number of rotatable bonds is 7. The molecule has 38 heavy (non-hydrogen) atoms. The van der Waals surface area contributed by atoms with Crippen molar-refractivity contribution in [1.82, 2.24) is 9.88 Å². The summed E-state index contributed by atoms with van der Waals surface area (Å²) >= 11 is 6.49. The van der Waals surface area contributed by atoms with Crippen LogP contribution < -0.4 is 0 Å². The lowest BCUT2D eigenvalue weighted by Gasteiger charge is -2.46. The SMILES string of the molecule is CC(=O)OCC1OC(N2C(=O)/C(=C(\C)c3ccccn3)SC2=S)C(OC(C)=O)C(OC(C)=O)C1OC(C)=O. The van der Waals surface area contributed by atoms with Crippen LogP contribution in [0.4, 0.5) is 0 Å². The minimum Gasteiger partial charge on any atom is -0.463 e. The number of aromatic nitrogens is 1. The van der Waals surface area contributed by atoms with Crippen LogP contribution in [0.3, 0.4) is 0 Å². The molecule has 0 radical (unpaired) electrons. The van der Waals surface area contributed by atoms with Gasteiger partial charge in [-0.3, -0.25) is 33.9 Å². The Morgan fingerprint density at radius 1 is 0.947 bits per heavy atom. The normalized spacial score (nSPS) is 26.4. The lowest BCUT2D eigenvalue weighted by atomic mass is 9.96. The number of hydrogen-bond donors (Lipinski definition) is 0. The van der Waals surface area contributed by atoms with Crippen molar-refractivity contribution >= 4 is 63.7 Å². The van der Waals surface area contributed by atoms with Gasteiger partial charge in [-0.1, -0.05) is 30.0 Å². The minimum atomic E-state index is -1.45. The van der Waals surface area contributed by atoms with E-state index in [1.807, 2.05) is 0 Å². The number of ether oxygens (including phenoxy) is 5. The average molecular weight is 567 g/mol. The van der Waals surface area contributed by atoms with Crippen LogP contribution in [-0.4, -0.2) is 81.2 Å². The maximum absolute atomic E-state index is 13.7. The van der Waals surface area contributed by atoms with Gasteiger partial charge in [0, 0.05) is 33.9 Å². The monoisotopic (exact) mass is 566 g/mol. The van der Waals surface area contributed by atoms with Crippen LogP contribution in [0.1, 0.15) is 40.3 Å². The molecule has 0 spiro atoms. The van der Waals surface area contributed by atoms with E-state index < -0.39 is 67.0 Å². The van der Waals surface area contributed by atoms with Crippen LogP contribution in [0.15, 0.2) is 29.3 Å². The van der Waals surface area contributed by atoms with Crippen molar-refractivity contribution in [2.24, 2.45) is 0 Å². The van der Waals surface area contributed by atoms with Crippen LogP contribution in [0.5, 0.6) is 0 Å². The van der Waals surface area contributed by atoms with Gasteiger partial charge in [-0.2, -0.15) is 0 Å². The maximum atomic E-state index is 13.7. The third-order valence-corrected chi connectivity index (χ3v) is 6.91. The van der Waals surface area contributed by atoms with E-state index in [0.717, 1.165) is 37.4 Å². The van der Waals surface area contributed by atoms with Crippen molar-refractivity contribution in [3.63, 3.8) is 0 Å². The highest BCUT2D eigenvalue weighted by Crippen LogP contribution is 2.41. The number of esters is 4. The standard InChI is InChI=1S/C24H26N2O10S2/c1-11(16-8-6-7-9-25-16)21-22(31)26(24(37)38-21)23-20(35-15(5)30)19(34-14(4)29)18(33-13(3)28)17(36-23)10-32-12(2)27/h6-9,17-20,23H,10H2,1-5H3/b21-11-. The summed E-state index contributed by atoms with van der Waals surface area (Å²) in [5.74, 6) is -3.55. The smallest absolute Gasteiger partial charge is 0.303 e. The molecule has 204 valence electrons. The van der Waals surface area contributed by atoms with Gasteiger partial charge in [0.1, 0.15) is 12.7 Å². The highest BCUT2D eigenvalue weighted by Gasteiger charge is 2.56. The molecule has 3 heterocycles. The van der Waals surface area contributed by atoms with Crippen molar-refractivity contribution in [2.45, 2.75) is 65.3 Å². The summed E-state index contributed by atoms with van der Waals surface area (Å²) in [5.41, 5.74) is 1.10. The number of pyridine rings is 1. The lowest BCUT2D eigenvalue weighted by molar-refractivity contribution is -0.268. The Morgan fingerprint density at radius 2 is 1.55 bits per heavy atom. The predicted molar refractivity (Wildman–Crippen MR) is 136 cm³/mol. The molecule has 5 atom stereocenters. The van der Waals surface area contributed by atoms with E-state index in [1.54, 1.807) is 31.3 Å². The van der Waals surface area contributed by atoms with Gasteiger partial charge in [0.15, 0.2) is 28.9 Å². The molecule has 5 unspecified atom stereocenters. The van der Waals surface area contributed by atoms with E-state index in [1.165, 1.54) is 6.92 Å². The Morgan fingerprint density at radius 3 is 2.11 bits per heavy atom. The number of allylic oxidation sites excluding steroid dienone is 1. The predicted octanol–water partition coefficient (Wildman–Crippen LogP) is 1.76. The molecule has 0 saturated carbocycles. The molecule has 1 aromatic heterocycles. The van der Waals surface area contributed by atoms with Gasteiger partial charge in [-0.25, -0.2) is 0 Å². The quantitative estimate of drug-likeness (QED) is 0.204. The van der Waals surface area contributed by atoms with E-state index in [4.69, 9.17) is 35.9 Å². The zero-order valence-corrected chi connectivity index (χ0v) is 22.8. The number of thioether (sulfide) groups is 1. The van der Waals surface area contributed by atoms with Gasteiger partial charge in [-0.15, -0.1) is 0 Å². The molecule has 2 aliphatic heterocycles. The van der Waals surface area contributed by atoms with Crippen molar-refractivity contribution in [3.05, 3.63) is 35.0 Å². The first kappa shape index (κ1) is 29.2. The van der Waals surface area contributed by atoms with E-state index in [0.29, 0.717) is 11.3 Å². The Bertz CT molecular complexity index is 1170. The third-order valence-electron chi connectivity index (χ3n) is 5.41. The summed E-state index contributed by atoms with van der Waals surface area (Å²) in [4.78, 5) is 66.9. The second kappa shape index (κ2) is 12.5. The fraction of sp³-hybridized carbons (Fsp3) is 0.458. The highest BCUT2D eigenvalue weighted by atomic mass is 32.2. The maximum Gasteiger partial charge on any atom is 0.303 e. The first-order valence-electron chi connectivity index (χ1n) is 11.4. The zero-order valence-electron chi connectivity index (χ0n) is 21.2. The number of nitrogens with zero attached hydrogens (tertiary/aromatic N) is 2. The Hall–Kier alpha value is -3.36. The fourth-order valence-electron chi connectivity index (χ4n) is 3.94. The molecule has 14 heteroatoms. The summed E-state index contributed by atoms with van der Waals surface area (Å²) < 4.78 is 27.5. The molecule has 1 amide bonds. The molecule has 3 rings (SSSR count). The van der Waals surface area contributed by atoms with Crippen LogP contribution in [-0.2, 0) is 47.7 Å². The first-order valence-corrected chi connectivity index (χ1v) is 12.6. The summed E-state index contributed by atoms with van der Waals surface area (Å²) in [5, 5.41) is 0. The third kappa shape index (κ3) is 6.74. The summed E-state index contributed by atoms with van der Waals surface area (Å²) in [6, 6.07) is 5.24. The molecular weight excluding hydrogens is 540 g/mol. The molecular formula is C24H26N2O10S2. The van der Waals surface area contributed by atoms with Crippen molar-refractivity contribution in [1.29, 1.82) is 0 Å². The molecule has 2 saturated heterocycles. The van der Waals surface area contributed by atoms with Gasteiger partial charge < -0.3 is 23.7 Å². The molecule has 0 bridgehead atoms. The van der Waals surface area contributed by atoms with Gasteiger partial charge in [0.05, 0.1) is 10.6 Å². The molecule has 1 aromatic rings. The largest absolute Gasteiger partial charge is 0.463 e. The van der Waals surface area contributed by atoms with Crippen LogP contribution >= 0.6 is 24.0 Å². The molecule has 0 aliphatic carbocycles. The second-order valence-electron chi connectivity index (χ2n) is 8.30. The Labute approximate surface area is 228 Å². The van der Waals surface area contributed by atoms with Gasteiger partial charge >= 0.3 is 23.9 Å². The topological polar surface area (TPSA) is 148 Å². The Balaban J connectivity index is 2.09. The molecule has 0 N–H and O–H groups in total. The second-order valence-corrected chi connectivity index (χ2v) is 9.95. The van der Waals surface area contributed by atoms with Gasteiger partial charge in [0.25, 0.3) is 5.91 Å². The highest BCUT2D eigenvalue weighted by molar-refractivity contribution is 8.26. The summed E-state index contributed by atoms with van der Waals surface area (Å²) in [7, 11) is 0. The van der Waals surface area contributed by atoms with E-state index in [2.05, 4.69) is 4.98 Å².